The molecule has 37 heavy (non-hydrogen) atoms. The highest BCUT2D eigenvalue weighted by Crippen LogP contribution is 2.34. The number of likely N-dealkylation sites (tertiary alicyclic amines) is 1. The second-order valence-corrected chi connectivity index (χ2v) is 9.62. The number of ether oxygens (including phenoxy) is 1. The highest BCUT2D eigenvalue weighted by Gasteiger charge is 2.30. The highest BCUT2D eigenvalue weighted by molar-refractivity contribution is 5.95. The number of piperidine rings is 1. The number of H-pyrrole nitrogens is 1. The zero-order chi connectivity index (χ0) is 25.4. The minimum atomic E-state index is -0.215. The average molecular weight is 500 g/mol. The number of methoxy groups -OCH3 is 1. The van der Waals surface area contributed by atoms with E-state index in [4.69, 9.17) is 4.74 Å². The van der Waals surface area contributed by atoms with E-state index in [0.29, 0.717) is 23.8 Å². The quantitative estimate of drug-likeness (QED) is 0.399. The summed E-state index contributed by atoms with van der Waals surface area (Å²) in [7, 11) is 3.64. The molecule has 1 saturated heterocycles. The van der Waals surface area contributed by atoms with E-state index in [2.05, 4.69) is 60.0 Å². The number of rotatable bonds is 6. The van der Waals surface area contributed by atoms with Crippen LogP contribution in [0, 0.1) is 11.7 Å². The summed E-state index contributed by atoms with van der Waals surface area (Å²) in [6.45, 7) is 2.34. The Balaban J connectivity index is 1.23. The van der Waals surface area contributed by atoms with Crippen molar-refractivity contribution in [2.24, 2.45) is 5.92 Å². The van der Waals surface area contributed by atoms with E-state index in [9.17, 15) is 4.39 Å². The SMILES string of the molecule is COc1cccc(F)c1CN1CCCC(C2=CN(c3ccc4[nH]nc(-c5ccncc5)c4c3)NN2C)C1. The Bertz CT molecular complexity index is 1440. The van der Waals surface area contributed by atoms with Crippen molar-refractivity contribution in [1.82, 2.24) is 30.6 Å². The zero-order valence-electron chi connectivity index (χ0n) is 21.0. The molecule has 2 N–H and O–H groups in total. The number of hydrogen-bond donors (Lipinski definition) is 2. The molecule has 190 valence electrons. The Hall–Kier alpha value is -3.95. The van der Waals surface area contributed by atoms with E-state index < -0.39 is 0 Å². The Morgan fingerprint density at radius 2 is 2.00 bits per heavy atom. The summed E-state index contributed by atoms with van der Waals surface area (Å²) in [4.78, 5) is 6.45. The molecule has 4 heterocycles. The lowest BCUT2D eigenvalue weighted by Gasteiger charge is -2.35. The van der Waals surface area contributed by atoms with Gasteiger partial charge in [-0.1, -0.05) is 6.07 Å². The van der Waals surface area contributed by atoms with Gasteiger partial charge in [0.2, 0.25) is 0 Å². The van der Waals surface area contributed by atoms with Crippen LogP contribution in [0.3, 0.4) is 0 Å². The van der Waals surface area contributed by atoms with E-state index in [-0.39, 0.29) is 5.82 Å². The smallest absolute Gasteiger partial charge is 0.131 e. The van der Waals surface area contributed by atoms with Crippen molar-refractivity contribution < 1.29 is 9.13 Å². The van der Waals surface area contributed by atoms with Crippen LogP contribution in [0.25, 0.3) is 22.2 Å². The molecular formula is C28H30FN7O. The predicted octanol–water partition coefficient (Wildman–Crippen LogP) is 4.70. The van der Waals surface area contributed by atoms with Crippen LogP contribution in [0.15, 0.2) is 72.8 Å². The number of fused-ring (bicyclic) bond motifs is 1. The first-order valence-corrected chi connectivity index (χ1v) is 12.5. The van der Waals surface area contributed by atoms with E-state index in [1.54, 1.807) is 25.6 Å². The number of aromatic amines is 1. The van der Waals surface area contributed by atoms with Gasteiger partial charge in [0, 0.05) is 61.2 Å². The van der Waals surface area contributed by atoms with Crippen LogP contribution in [0.2, 0.25) is 0 Å². The normalized spacial score (nSPS) is 18.5. The van der Waals surface area contributed by atoms with E-state index >= 15 is 0 Å². The summed E-state index contributed by atoms with van der Waals surface area (Å²) in [6.07, 6.45) is 7.88. The molecule has 4 aromatic rings. The Labute approximate surface area is 215 Å². The van der Waals surface area contributed by atoms with Crippen molar-refractivity contribution in [3.63, 3.8) is 0 Å². The molecule has 2 aliphatic heterocycles. The van der Waals surface area contributed by atoms with Gasteiger partial charge < -0.3 is 4.74 Å². The number of nitrogens with one attached hydrogen (secondary N) is 2. The third kappa shape index (κ3) is 4.52. The molecule has 6 rings (SSSR count). The van der Waals surface area contributed by atoms with Crippen LogP contribution in [0.1, 0.15) is 18.4 Å². The second kappa shape index (κ2) is 9.84. The number of aromatic nitrogens is 3. The van der Waals surface area contributed by atoms with Crippen LogP contribution >= 0.6 is 0 Å². The number of halogens is 1. The molecule has 0 amide bonds. The number of hydrazine groups is 2. The molecule has 0 saturated carbocycles. The highest BCUT2D eigenvalue weighted by atomic mass is 19.1. The van der Waals surface area contributed by atoms with Gasteiger partial charge in [-0.25, -0.2) is 4.39 Å². The minimum Gasteiger partial charge on any atom is -0.496 e. The first kappa shape index (κ1) is 23.4. The number of hydrogen-bond acceptors (Lipinski definition) is 7. The second-order valence-electron chi connectivity index (χ2n) is 9.62. The van der Waals surface area contributed by atoms with Crippen molar-refractivity contribution in [2.75, 3.05) is 32.3 Å². The Morgan fingerprint density at radius 1 is 1.14 bits per heavy atom. The fourth-order valence-electron chi connectivity index (χ4n) is 5.41. The van der Waals surface area contributed by atoms with Crippen LogP contribution in [0.5, 0.6) is 5.75 Å². The van der Waals surface area contributed by atoms with Gasteiger partial charge >= 0.3 is 0 Å². The van der Waals surface area contributed by atoms with Crippen molar-refractivity contribution >= 4 is 16.6 Å². The van der Waals surface area contributed by atoms with Gasteiger partial charge in [-0.3, -0.25) is 25.0 Å². The third-order valence-corrected chi connectivity index (χ3v) is 7.29. The third-order valence-electron chi connectivity index (χ3n) is 7.29. The van der Waals surface area contributed by atoms with Crippen LogP contribution < -0.4 is 15.3 Å². The summed E-state index contributed by atoms with van der Waals surface area (Å²) in [5.74, 6) is 0.722. The molecule has 2 aromatic carbocycles. The van der Waals surface area contributed by atoms with Gasteiger partial charge in [0.05, 0.1) is 24.0 Å². The molecule has 0 bridgehead atoms. The predicted molar refractivity (Wildman–Crippen MR) is 142 cm³/mol. The van der Waals surface area contributed by atoms with Gasteiger partial charge in [0.25, 0.3) is 0 Å². The lowest BCUT2D eigenvalue weighted by Crippen LogP contribution is -2.42. The monoisotopic (exact) mass is 499 g/mol. The molecule has 1 fully saturated rings. The van der Waals surface area contributed by atoms with Gasteiger partial charge in [0.1, 0.15) is 17.3 Å². The summed E-state index contributed by atoms with van der Waals surface area (Å²) in [5.41, 5.74) is 9.23. The average Bonchev–Trinajstić information content (AvgIpc) is 3.53. The van der Waals surface area contributed by atoms with Crippen LogP contribution in [-0.4, -0.2) is 52.3 Å². The first-order chi connectivity index (χ1) is 18.1. The number of anilines is 1. The lowest BCUT2D eigenvalue weighted by molar-refractivity contribution is 0.158. The maximum Gasteiger partial charge on any atom is 0.131 e. The number of pyridine rings is 1. The van der Waals surface area contributed by atoms with E-state index in [1.165, 1.54) is 11.8 Å². The van der Waals surface area contributed by atoms with E-state index in [1.807, 2.05) is 25.2 Å². The van der Waals surface area contributed by atoms with Gasteiger partial charge in [-0.15, -0.1) is 5.53 Å². The van der Waals surface area contributed by atoms with Crippen LogP contribution in [0.4, 0.5) is 10.1 Å². The number of benzene rings is 2. The molecule has 1 unspecified atom stereocenters. The minimum absolute atomic E-state index is 0.215. The van der Waals surface area contributed by atoms with E-state index in [0.717, 1.165) is 53.8 Å². The van der Waals surface area contributed by atoms with Crippen molar-refractivity contribution in [3.8, 4) is 17.0 Å². The molecule has 0 radical (unpaired) electrons. The van der Waals surface area contributed by atoms with Crippen molar-refractivity contribution in [3.05, 3.63) is 84.2 Å². The van der Waals surface area contributed by atoms with Crippen molar-refractivity contribution in [1.29, 1.82) is 0 Å². The molecular weight excluding hydrogens is 469 g/mol. The molecule has 8 nitrogen and oxygen atoms in total. The Kier molecular flexibility index (Phi) is 6.23. The molecule has 2 aliphatic rings. The fraction of sp³-hybridized carbons (Fsp3) is 0.286. The largest absolute Gasteiger partial charge is 0.496 e. The van der Waals surface area contributed by atoms with Crippen molar-refractivity contribution in [2.45, 2.75) is 19.4 Å². The summed E-state index contributed by atoms with van der Waals surface area (Å²) >= 11 is 0. The molecule has 2 aromatic heterocycles. The maximum absolute atomic E-state index is 14.6. The number of nitrogens with zero attached hydrogens (tertiary/aromatic N) is 5. The standard InChI is InChI=1S/C28H30FN7O/c1-34-26(20-5-4-14-35(16-20)17-23-24(29)6-3-7-27(23)37-2)18-36(33-34)21-8-9-25-22(15-21)28(32-31-25)19-10-12-30-13-11-19/h3,6-13,15,18,20,33H,4-5,14,16-17H2,1-2H3,(H,31,32). The zero-order valence-corrected chi connectivity index (χ0v) is 21.0. The van der Waals surface area contributed by atoms with Gasteiger partial charge in [0.15, 0.2) is 0 Å². The first-order valence-electron chi connectivity index (χ1n) is 12.5. The maximum atomic E-state index is 14.6. The van der Waals surface area contributed by atoms with Gasteiger partial charge in [-0.05, 0) is 61.9 Å². The Morgan fingerprint density at radius 3 is 2.84 bits per heavy atom. The molecule has 0 aliphatic carbocycles. The summed E-state index contributed by atoms with van der Waals surface area (Å²) in [5, 5.41) is 12.9. The summed E-state index contributed by atoms with van der Waals surface area (Å²) < 4.78 is 20.0. The topological polar surface area (TPSA) is 72.5 Å². The molecule has 1 atom stereocenters. The molecule has 9 heteroatoms. The van der Waals surface area contributed by atoms with Gasteiger partial charge in [-0.2, -0.15) is 5.10 Å². The van der Waals surface area contributed by atoms with Crippen LogP contribution in [-0.2, 0) is 6.54 Å². The fourth-order valence-corrected chi connectivity index (χ4v) is 5.41. The molecule has 0 spiro atoms. The summed E-state index contributed by atoms with van der Waals surface area (Å²) in [6, 6.07) is 15.2. The lowest BCUT2D eigenvalue weighted by atomic mass is 9.94.